The molecule has 0 spiro atoms. The molecule has 0 fully saturated rings. The van der Waals surface area contributed by atoms with Crippen LogP contribution < -0.4 is 0 Å². The van der Waals surface area contributed by atoms with Crippen LogP contribution in [0.1, 0.15) is 27.2 Å². The first-order chi connectivity index (χ1) is 6.58. The van der Waals surface area contributed by atoms with Crippen LogP contribution in [-0.4, -0.2) is 35.9 Å². The van der Waals surface area contributed by atoms with Gasteiger partial charge in [-0.25, -0.2) is 0 Å². The van der Waals surface area contributed by atoms with Gasteiger partial charge < -0.3 is 4.90 Å². The Kier molecular flexibility index (Phi) is 7.55. The number of carbonyl (C=O) groups is 1. The zero-order valence-electron chi connectivity index (χ0n) is 9.74. The number of nitrogens with zero attached hydrogens (tertiary/aromatic N) is 1. The Balaban J connectivity index is 4.39. The lowest BCUT2D eigenvalue weighted by molar-refractivity contribution is -0.129. The number of rotatable bonds is 6. The molecule has 2 nitrogen and oxygen atoms in total. The minimum absolute atomic E-state index is 0.111. The molecule has 0 aromatic heterocycles. The lowest BCUT2D eigenvalue weighted by Crippen LogP contribution is -2.37. The van der Waals surface area contributed by atoms with Crippen LogP contribution in [0.3, 0.4) is 0 Å². The van der Waals surface area contributed by atoms with Gasteiger partial charge in [-0.05, 0) is 19.1 Å². The largest absolute Gasteiger partial charge is 0.345 e. The maximum Gasteiger partial charge on any atom is 0.236 e. The highest BCUT2D eigenvalue weighted by atomic mass is 33.1. The van der Waals surface area contributed by atoms with Crippen LogP contribution in [0.2, 0.25) is 0 Å². The van der Waals surface area contributed by atoms with E-state index in [4.69, 9.17) is 0 Å². The number of hydrogen-bond donors (Lipinski definition) is 0. The number of hydrogen-bond acceptors (Lipinski definition) is 3. The van der Waals surface area contributed by atoms with Crippen molar-refractivity contribution in [1.29, 1.82) is 0 Å². The highest BCUT2D eigenvalue weighted by molar-refractivity contribution is 8.76. The van der Waals surface area contributed by atoms with E-state index in [1.807, 2.05) is 20.2 Å². The zero-order valence-corrected chi connectivity index (χ0v) is 11.4. The van der Waals surface area contributed by atoms with Gasteiger partial charge in [0, 0.05) is 13.6 Å². The summed E-state index contributed by atoms with van der Waals surface area (Å²) in [6, 6.07) is 0. The summed E-state index contributed by atoms with van der Waals surface area (Å²) in [6.45, 7) is 7.09. The van der Waals surface area contributed by atoms with Crippen LogP contribution in [0.5, 0.6) is 0 Å². The molecule has 2 atom stereocenters. The molecule has 0 saturated heterocycles. The Morgan fingerprint density at radius 2 is 2.00 bits per heavy atom. The maximum absolute atomic E-state index is 12.0. The predicted molar refractivity (Wildman–Crippen MR) is 67.7 cm³/mol. The summed E-state index contributed by atoms with van der Waals surface area (Å²) in [5.74, 6) is 0.718. The molecule has 14 heavy (non-hydrogen) atoms. The van der Waals surface area contributed by atoms with E-state index in [9.17, 15) is 4.79 Å². The van der Waals surface area contributed by atoms with Crippen LogP contribution in [0.25, 0.3) is 0 Å². The van der Waals surface area contributed by atoms with Gasteiger partial charge in [0.15, 0.2) is 0 Å². The number of carbonyl (C=O) groups excluding carboxylic acids is 1. The standard InChI is InChI=1S/C10H21NOS2/c1-6-8(3)9(14-13-5)10(12)11(4)7-2/h8-9H,6-7H2,1-5H3/t8?,9-/m1/s1. The fourth-order valence-electron chi connectivity index (χ4n) is 1.07. The first-order valence-electron chi connectivity index (χ1n) is 5.02. The second-order valence-electron chi connectivity index (χ2n) is 3.42. The number of amides is 1. The molecule has 4 heteroatoms. The average molecular weight is 235 g/mol. The highest BCUT2D eigenvalue weighted by Gasteiger charge is 2.26. The molecular formula is C10H21NOS2. The quantitative estimate of drug-likeness (QED) is 0.660. The molecule has 0 N–H and O–H groups in total. The molecule has 0 heterocycles. The molecule has 0 radical (unpaired) electrons. The van der Waals surface area contributed by atoms with Crippen molar-refractivity contribution in [2.24, 2.45) is 5.92 Å². The topological polar surface area (TPSA) is 20.3 Å². The van der Waals surface area contributed by atoms with Crippen molar-refractivity contribution in [1.82, 2.24) is 4.90 Å². The third-order valence-corrected chi connectivity index (χ3v) is 4.72. The summed E-state index contributed by atoms with van der Waals surface area (Å²) >= 11 is 0. The summed E-state index contributed by atoms with van der Waals surface area (Å²) in [5, 5.41) is 0.111. The SMILES string of the molecule is CCC(C)[C@@H](SSC)C(=O)N(C)CC. The molecule has 0 bridgehead atoms. The molecule has 0 saturated carbocycles. The zero-order chi connectivity index (χ0) is 11.1. The molecule has 0 aliphatic rings. The molecule has 84 valence electrons. The summed E-state index contributed by atoms with van der Waals surface area (Å²) in [7, 11) is 5.24. The van der Waals surface area contributed by atoms with Gasteiger partial charge in [-0.15, -0.1) is 0 Å². The fourth-order valence-corrected chi connectivity index (χ4v) is 3.36. The molecule has 0 aliphatic carbocycles. The van der Waals surface area contributed by atoms with Crippen molar-refractivity contribution in [3.8, 4) is 0 Å². The van der Waals surface area contributed by atoms with E-state index in [0.717, 1.165) is 13.0 Å². The van der Waals surface area contributed by atoms with Gasteiger partial charge in [-0.2, -0.15) is 0 Å². The van der Waals surface area contributed by atoms with E-state index in [2.05, 4.69) is 13.8 Å². The van der Waals surface area contributed by atoms with Crippen molar-refractivity contribution in [3.05, 3.63) is 0 Å². The molecule has 0 aromatic carbocycles. The Hall–Kier alpha value is 0.170. The van der Waals surface area contributed by atoms with Gasteiger partial charge in [0.1, 0.15) is 0 Å². The summed E-state index contributed by atoms with van der Waals surface area (Å²) < 4.78 is 0. The van der Waals surface area contributed by atoms with Gasteiger partial charge >= 0.3 is 0 Å². The third-order valence-electron chi connectivity index (χ3n) is 2.45. The van der Waals surface area contributed by atoms with Crippen molar-refractivity contribution in [2.75, 3.05) is 19.8 Å². The molecular weight excluding hydrogens is 214 g/mol. The third kappa shape index (κ3) is 4.13. The second-order valence-corrected chi connectivity index (χ2v) is 6.03. The van der Waals surface area contributed by atoms with Gasteiger partial charge in [0.05, 0.1) is 5.25 Å². The Morgan fingerprint density at radius 3 is 2.36 bits per heavy atom. The van der Waals surface area contributed by atoms with Gasteiger partial charge in [-0.3, -0.25) is 4.79 Å². The van der Waals surface area contributed by atoms with E-state index >= 15 is 0 Å². The minimum atomic E-state index is 0.111. The molecule has 0 rings (SSSR count). The first kappa shape index (κ1) is 14.2. The highest BCUT2D eigenvalue weighted by Crippen LogP contribution is 2.31. The lowest BCUT2D eigenvalue weighted by atomic mass is 10.0. The Morgan fingerprint density at radius 1 is 1.43 bits per heavy atom. The Labute approximate surface area is 95.6 Å². The van der Waals surface area contributed by atoms with E-state index in [0.29, 0.717) is 5.92 Å². The van der Waals surface area contributed by atoms with Crippen molar-refractivity contribution >= 4 is 27.5 Å². The van der Waals surface area contributed by atoms with Gasteiger partial charge in [0.2, 0.25) is 5.91 Å². The molecule has 0 aromatic rings. The van der Waals surface area contributed by atoms with Crippen LogP contribution in [0.4, 0.5) is 0 Å². The smallest absolute Gasteiger partial charge is 0.236 e. The van der Waals surface area contributed by atoms with Gasteiger partial charge in [0.25, 0.3) is 0 Å². The minimum Gasteiger partial charge on any atom is -0.345 e. The molecule has 1 amide bonds. The normalized spacial score (nSPS) is 14.9. The maximum atomic E-state index is 12.0. The first-order valence-corrected chi connectivity index (χ1v) is 7.64. The summed E-state index contributed by atoms with van der Waals surface area (Å²) in [4.78, 5) is 13.8. The van der Waals surface area contributed by atoms with Crippen molar-refractivity contribution in [2.45, 2.75) is 32.4 Å². The molecule has 0 aliphatic heterocycles. The molecule has 1 unspecified atom stereocenters. The monoisotopic (exact) mass is 235 g/mol. The van der Waals surface area contributed by atoms with Crippen LogP contribution in [0, 0.1) is 5.92 Å². The fraction of sp³-hybridized carbons (Fsp3) is 0.900. The van der Waals surface area contributed by atoms with Crippen LogP contribution >= 0.6 is 21.6 Å². The summed E-state index contributed by atoms with van der Waals surface area (Å²) in [5.41, 5.74) is 0. The lowest BCUT2D eigenvalue weighted by Gasteiger charge is -2.25. The van der Waals surface area contributed by atoms with E-state index in [1.165, 1.54) is 0 Å². The predicted octanol–water partition coefficient (Wildman–Crippen LogP) is 2.89. The van der Waals surface area contributed by atoms with Crippen molar-refractivity contribution in [3.63, 3.8) is 0 Å². The Bertz CT molecular complexity index is 176. The average Bonchev–Trinajstić information content (AvgIpc) is 2.22. The van der Waals surface area contributed by atoms with E-state index in [1.54, 1.807) is 26.5 Å². The second kappa shape index (κ2) is 7.46. The van der Waals surface area contributed by atoms with Crippen molar-refractivity contribution < 1.29 is 4.79 Å². The summed E-state index contributed by atoms with van der Waals surface area (Å²) in [6.07, 6.45) is 3.08. The van der Waals surface area contributed by atoms with E-state index in [-0.39, 0.29) is 11.2 Å². The van der Waals surface area contributed by atoms with Crippen LogP contribution in [-0.2, 0) is 4.79 Å². The van der Waals surface area contributed by atoms with Gasteiger partial charge in [-0.1, -0.05) is 41.9 Å². The van der Waals surface area contributed by atoms with Crippen LogP contribution in [0.15, 0.2) is 0 Å². The van der Waals surface area contributed by atoms with E-state index < -0.39 is 0 Å².